The van der Waals surface area contributed by atoms with Gasteiger partial charge in [-0.1, -0.05) is 29.8 Å². The van der Waals surface area contributed by atoms with Crippen LogP contribution < -0.4 is 10.2 Å². The number of hydrogen-bond donors (Lipinski definition) is 2. The number of carbonyl (C=O) groups is 1. The van der Waals surface area contributed by atoms with Crippen molar-refractivity contribution in [2.45, 2.75) is 12.5 Å². The van der Waals surface area contributed by atoms with Crippen LogP contribution in [0.2, 0.25) is 5.02 Å². The number of hydrogen-bond acceptors (Lipinski definition) is 4. The zero-order valence-corrected chi connectivity index (χ0v) is 15.0. The van der Waals surface area contributed by atoms with E-state index in [-0.39, 0.29) is 11.9 Å². The third-order valence-corrected chi connectivity index (χ3v) is 5.55. The molecular weight excluding hydrogens is 356 g/mol. The van der Waals surface area contributed by atoms with Gasteiger partial charge in [-0.25, -0.2) is 0 Å². The number of anilines is 1. The van der Waals surface area contributed by atoms with Crippen LogP contribution in [0.1, 0.15) is 16.8 Å². The van der Waals surface area contributed by atoms with Crippen molar-refractivity contribution in [1.82, 2.24) is 15.5 Å². The Balaban J connectivity index is 1.40. The average Bonchev–Trinajstić information content (AvgIpc) is 3.35. The number of rotatable bonds is 4. The van der Waals surface area contributed by atoms with Crippen LogP contribution in [0.25, 0.3) is 10.6 Å². The van der Waals surface area contributed by atoms with Crippen LogP contribution in [0.4, 0.5) is 5.82 Å². The molecule has 0 aliphatic carbocycles. The Hall–Kier alpha value is -2.31. The van der Waals surface area contributed by atoms with Crippen molar-refractivity contribution in [3.8, 4) is 10.6 Å². The van der Waals surface area contributed by atoms with Gasteiger partial charge < -0.3 is 10.2 Å². The van der Waals surface area contributed by atoms with Crippen molar-refractivity contribution in [3.05, 3.63) is 58.4 Å². The van der Waals surface area contributed by atoms with Gasteiger partial charge in [0, 0.05) is 25.2 Å². The number of benzene rings is 1. The maximum absolute atomic E-state index is 12.4. The van der Waals surface area contributed by atoms with E-state index in [1.165, 1.54) is 4.88 Å². The summed E-state index contributed by atoms with van der Waals surface area (Å²) in [6, 6.07) is 13.3. The fraction of sp³-hybridized carbons (Fsp3) is 0.222. The van der Waals surface area contributed by atoms with Crippen molar-refractivity contribution in [3.63, 3.8) is 0 Å². The van der Waals surface area contributed by atoms with Gasteiger partial charge in [-0.15, -0.1) is 11.3 Å². The molecule has 5 nitrogen and oxygen atoms in total. The van der Waals surface area contributed by atoms with E-state index in [4.69, 9.17) is 11.6 Å². The zero-order chi connectivity index (χ0) is 17.2. The number of halogens is 1. The van der Waals surface area contributed by atoms with E-state index in [2.05, 4.69) is 32.5 Å². The molecule has 2 N–H and O–H groups in total. The van der Waals surface area contributed by atoms with E-state index in [1.54, 1.807) is 23.5 Å². The number of aromatic nitrogens is 2. The van der Waals surface area contributed by atoms with Crippen molar-refractivity contribution in [1.29, 1.82) is 0 Å². The normalized spacial score (nSPS) is 17.0. The van der Waals surface area contributed by atoms with E-state index in [0.717, 1.165) is 31.0 Å². The predicted octanol–water partition coefficient (Wildman–Crippen LogP) is 3.80. The lowest BCUT2D eigenvalue weighted by molar-refractivity contribution is 0.0940. The Kier molecular flexibility index (Phi) is 4.46. The largest absolute Gasteiger partial charge is 0.353 e. The second-order valence-corrected chi connectivity index (χ2v) is 7.36. The molecule has 7 heteroatoms. The molecule has 3 aromatic rings. The van der Waals surface area contributed by atoms with Crippen molar-refractivity contribution >= 4 is 34.7 Å². The molecular formula is C18H17ClN4OS. The van der Waals surface area contributed by atoms with Gasteiger partial charge >= 0.3 is 0 Å². The summed E-state index contributed by atoms with van der Waals surface area (Å²) >= 11 is 7.78. The van der Waals surface area contributed by atoms with Crippen LogP contribution in [0.5, 0.6) is 0 Å². The van der Waals surface area contributed by atoms with Gasteiger partial charge in [-0.2, -0.15) is 5.10 Å². The topological polar surface area (TPSA) is 61.0 Å². The quantitative estimate of drug-likeness (QED) is 0.732. The highest BCUT2D eigenvalue weighted by Crippen LogP contribution is 2.27. The molecule has 1 aliphatic rings. The van der Waals surface area contributed by atoms with Crippen LogP contribution in [-0.2, 0) is 0 Å². The molecule has 2 aromatic heterocycles. The first kappa shape index (κ1) is 16.2. The highest BCUT2D eigenvalue weighted by atomic mass is 35.5. The smallest absolute Gasteiger partial charge is 0.253 e. The molecule has 0 bridgehead atoms. The third-order valence-electron chi connectivity index (χ3n) is 4.32. The number of amides is 1. The molecule has 1 fully saturated rings. The number of aromatic amines is 1. The first-order valence-electron chi connectivity index (χ1n) is 8.10. The number of carbonyl (C=O) groups excluding carboxylic acids is 1. The molecule has 0 saturated carbocycles. The van der Waals surface area contributed by atoms with Gasteiger partial charge in [0.25, 0.3) is 5.91 Å². The summed E-state index contributed by atoms with van der Waals surface area (Å²) in [6.07, 6.45) is 0.886. The molecule has 1 aliphatic heterocycles. The maximum Gasteiger partial charge on any atom is 0.253 e. The highest BCUT2D eigenvalue weighted by Gasteiger charge is 2.26. The van der Waals surface area contributed by atoms with Crippen LogP contribution in [0.15, 0.2) is 47.8 Å². The summed E-state index contributed by atoms with van der Waals surface area (Å²) in [5.41, 5.74) is 1.54. The summed E-state index contributed by atoms with van der Waals surface area (Å²) in [5.74, 6) is 0.789. The van der Waals surface area contributed by atoms with E-state index in [9.17, 15) is 4.79 Å². The fourth-order valence-corrected chi connectivity index (χ4v) is 3.94. The summed E-state index contributed by atoms with van der Waals surface area (Å²) in [5, 5.41) is 13.1. The lowest BCUT2D eigenvalue weighted by atomic mass is 10.2. The van der Waals surface area contributed by atoms with Crippen molar-refractivity contribution in [2.24, 2.45) is 0 Å². The van der Waals surface area contributed by atoms with E-state index >= 15 is 0 Å². The SMILES string of the molecule is O=C(N[C@@H]1CCN(c2cc(-c3cccs3)[nH]n2)C1)c1ccccc1Cl. The van der Waals surface area contributed by atoms with Crippen molar-refractivity contribution < 1.29 is 4.79 Å². The fourth-order valence-electron chi connectivity index (χ4n) is 3.03. The summed E-state index contributed by atoms with van der Waals surface area (Å²) in [6.45, 7) is 1.60. The average molecular weight is 373 g/mol. The highest BCUT2D eigenvalue weighted by molar-refractivity contribution is 7.13. The molecule has 4 rings (SSSR count). The Morgan fingerprint density at radius 3 is 3.00 bits per heavy atom. The Morgan fingerprint density at radius 2 is 2.20 bits per heavy atom. The standard InChI is InChI=1S/C18H17ClN4OS/c19-14-5-2-1-4-13(14)18(24)20-12-7-8-23(11-12)17-10-15(21-22-17)16-6-3-9-25-16/h1-6,9-10,12H,7-8,11H2,(H,20,24)(H,21,22)/t12-/m1/s1. The van der Waals surface area contributed by atoms with Crippen LogP contribution in [-0.4, -0.2) is 35.2 Å². The molecule has 128 valence electrons. The number of thiophene rings is 1. The van der Waals surface area contributed by atoms with Crippen LogP contribution in [0.3, 0.4) is 0 Å². The minimum Gasteiger partial charge on any atom is -0.353 e. The van der Waals surface area contributed by atoms with Crippen LogP contribution in [0, 0.1) is 0 Å². The Labute approximate surface area is 154 Å². The second-order valence-electron chi connectivity index (χ2n) is 6.00. The molecule has 0 radical (unpaired) electrons. The zero-order valence-electron chi connectivity index (χ0n) is 13.4. The molecule has 1 atom stereocenters. The van der Waals surface area contributed by atoms with E-state index in [1.807, 2.05) is 23.6 Å². The lowest BCUT2D eigenvalue weighted by Gasteiger charge is -2.16. The molecule has 1 saturated heterocycles. The number of nitrogens with zero attached hydrogens (tertiary/aromatic N) is 2. The van der Waals surface area contributed by atoms with Gasteiger partial charge in [-0.3, -0.25) is 9.89 Å². The monoisotopic (exact) mass is 372 g/mol. The maximum atomic E-state index is 12.4. The van der Waals surface area contributed by atoms with Gasteiger partial charge in [0.15, 0.2) is 5.82 Å². The third kappa shape index (κ3) is 3.41. The van der Waals surface area contributed by atoms with Gasteiger partial charge in [0.1, 0.15) is 0 Å². The predicted molar refractivity (Wildman–Crippen MR) is 101 cm³/mol. The molecule has 0 spiro atoms. The summed E-state index contributed by atoms with van der Waals surface area (Å²) < 4.78 is 0. The lowest BCUT2D eigenvalue weighted by Crippen LogP contribution is -2.37. The molecule has 1 aromatic carbocycles. The number of H-pyrrole nitrogens is 1. The first-order valence-corrected chi connectivity index (χ1v) is 9.36. The summed E-state index contributed by atoms with van der Waals surface area (Å²) in [7, 11) is 0. The van der Waals surface area contributed by atoms with E-state index < -0.39 is 0 Å². The summed E-state index contributed by atoms with van der Waals surface area (Å²) in [4.78, 5) is 15.7. The Morgan fingerprint density at radius 1 is 1.32 bits per heavy atom. The van der Waals surface area contributed by atoms with Crippen LogP contribution >= 0.6 is 22.9 Å². The van der Waals surface area contributed by atoms with E-state index in [0.29, 0.717) is 10.6 Å². The molecule has 25 heavy (non-hydrogen) atoms. The number of nitrogens with one attached hydrogen (secondary N) is 2. The first-order chi connectivity index (χ1) is 12.2. The second kappa shape index (κ2) is 6.90. The molecule has 0 unspecified atom stereocenters. The molecule has 3 heterocycles. The van der Waals surface area contributed by atoms with Gasteiger partial charge in [0.2, 0.25) is 0 Å². The van der Waals surface area contributed by atoms with Gasteiger partial charge in [0.05, 0.1) is 21.2 Å². The minimum absolute atomic E-state index is 0.0886. The molecule has 1 amide bonds. The van der Waals surface area contributed by atoms with Gasteiger partial charge in [-0.05, 0) is 30.0 Å². The van der Waals surface area contributed by atoms with Crippen molar-refractivity contribution in [2.75, 3.05) is 18.0 Å². The minimum atomic E-state index is -0.126. The Bertz CT molecular complexity index is 877.